The molecule has 11 heteroatoms. The number of ether oxygens (including phenoxy) is 1. The van der Waals surface area contributed by atoms with E-state index in [4.69, 9.17) is 27.9 Å². The minimum atomic E-state index is -3.46. The van der Waals surface area contributed by atoms with Crippen molar-refractivity contribution in [1.82, 2.24) is 9.97 Å². The van der Waals surface area contributed by atoms with Crippen molar-refractivity contribution in [2.45, 2.75) is 25.8 Å². The summed E-state index contributed by atoms with van der Waals surface area (Å²) in [5.41, 5.74) is 2.86. The molecular formula is C24H25Cl2N5O3S. The van der Waals surface area contributed by atoms with Crippen molar-refractivity contribution in [3.05, 3.63) is 75.9 Å². The molecule has 0 fully saturated rings. The third-order valence-electron chi connectivity index (χ3n) is 5.29. The topological polar surface area (TPSA) is 117 Å². The number of nitriles is 1. The summed E-state index contributed by atoms with van der Waals surface area (Å²) in [4.78, 5) is 8.05. The fraction of sp³-hybridized carbons (Fsp3) is 0.292. The fourth-order valence-electron chi connectivity index (χ4n) is 3.40. The van der Waals surface area contributed by atoms with Crippen LogP contribution in [-0.4, -0.2) is 37.1 Å². The highest BCUT2D eigenvalue weighted by atomic mass is 35.5. The maximum Gasteiger partial charge on any atom is 0.238 e. The summed E-state index contributed by atoms with van der Waals surface area (Å²) in [5, 5.41) is 13.1. The average molecular weight is 534 g/mol. The number of nitrogens with one attached hydrogen (secondary N) is 2. The summed E-state index contributed by atoms with van der Waals surface area (Å²) in [5.74, 6) is 1.14. The molecule has 0 aliphatic heterocycles. The van der Waals surface area contributed by atoms with Gasteiger partial charge in [0.15, 0.2) is 5.75 Å². The highest BCUT2D eigenvalue weighted by Crippen LogP contribution is 2.38. The lowest BCUT2D eigenvalue weighted by Gasteiger charge is -2.27. The van der Waals surface area contributed by atoms with E-state index in [9.17, 15) is 13.7 Å². The molecule has 35 heavy (non-hydrogen) atoms. The van der Waals surface area contributed by atoms with Gasteiger partial charge < -0.3 is 10.1 Å². The van der Waals surface area contributed by atoms with E-state index in [1.165, 1.54) is 6.20 Å². The molecule has 1 aromatic heterocycles. The Kier molecular flexibility index (Phi) is 8.43. The molecule has 0 bridgehead atoms. The molecule has 0 atom stereocenters. The van der Waals surface area contributed by atoms with Crippen LogP contribution in [0.5, 0.6) is 5.75 Å². The van der Waals surface area contributed by atoms with E-state index in [0.29, 0.717) is 34.6 Å². The van der Waals surface area contributed by atoms with Crippen molar-refractivity contribution >= 4 is 45.0 Å². The molecule has 8 nitrogen and oxygen atoms in total. The first kappa shape index (κ1) is 26.5. The van der Waals surface area contributed by atoms with Gasteiger partial charge in [0, 0.05) is 18.2 Å². The maximum atomic E-state index is 11.4. The summed E-state index contributed by atoms with van der Waals surface area (Å²) in [6, 6.07) is 15.4. The van der Waals surface area contributed by atoms with Crippen LogP contribution in [0.15, 0.2) is 48.7 Å². The van der Waals surface area contributed by atoms with E-state index >= 15 is 0 Å². The predicted molar refractivity (Wildman–Crippen MR) is 139 cm³/mol. The summed E-state index contributed by atoms with van der Waals surface area (Å²) in [6.45, 7) is 4.86. The van der Waals surface area contributed by atoms with Crippen molar-refractivity contribution in [2.24, 2.45) is 0 Å². The van der Waals surface area contributed by atoms with Crippen molar-refractivity contribution < 1.29 is 13.2 Å². The van der Waals surface area contributed by atoms with Crippen LogP contribution in [0.4, 0.5) is 11.8 Å². The van der Waals surface area contributed by atoms with Gasteiger partial charge >= 0.3 is 0 Å². The van der Waals surface area contributed by atoms with Gasteiger partial charge in [-0.3, -0.25) is 4.72 Å². The molecule has 0 radical (unpaired) electrons. The number of rotatable bonds is 10. The zero-order valence-electron chi connectivity index (χ0n) is 19.5. The molecule has 0 saturated carbocycles. The van der Waals surface area contributed by atoms with Crippen LogP contribution in [0.3, 0.4) is 0 Å². The molecule has 2 N–H and O–H groups in total. The van der Waals surface area contributed by atoms with Crippen LogP contribution in [0.2, 0.25) is 5.02 Å². The number of halogens is 2. The number of anilines is 2. The van der Waals surface area contributed by atoms with E-state index in [2.05, 4.69) is 39.9 Å². The number of hydrogen-bond donors (Lipinski definition) is 2. The second-order valence-electron chi connectivity index (χ2n) is 8.30. The number of alkyl halides is 1. The first-order valence-electron chi connectivity index (χ1n) is 10.6. The largest absolute Gasteiger partial charge is 0.489 e. The molecule has 0 unspecified atom stereocenters. The van der Waals surface area contributed by atoms with Gasteiger partial charge in [-0.15, -0.1) is 11.6 Å². The van der Waals surface area contributed by atoms with Gasteiger partial charge in [0.25, 0.3) is 0 Å². The minimum Gasteiger partial charge on any atom is -0.489 e. The van der Waals surface area contributed by atoms with Crippen molar-refractivity contribution in [2.75, 3.05) is 28.8 Å². The molecule has 0 amide bonds. The van der Waals surface area contributed by atoms with Gasteiger partial charge in [-0.05, 0) is 34.9 Å². The molecule has 0 aliphatic carbocycles. The Balaban J connectivity index is 1.75. The van der Waals surface area contributed by atoms with Crippen LogP contribution in [0, 0.1) is 11.3 Å². The second kappa shape index (κ2) is 11.1. The van der Waals surface area contributed by atoms with Crippen LogP contribution in [0.25, 0.3) is 0 Å². The SMILES string of the molecule is CC(C)(c1ccc(CNc2ccnc(NS(C)(=O)=O)n2)cc1)c1cc(Cl)c(OCCCl)c(C#N)c1. The van der Waals surface area contributed by atoms with E-state index in [-0.39, 0.29) is 12.6 Å². The summed E-state index contributed by atoms with van der Waals surface area (Å²) in [6.07, 6.45) is 2.51. The summed E-state index contributed by atoms with van der Waals surface area (Å²) < 4.78 is 30.6. The Morgan fingerprint density at radius 2 is 1.86 bits per heavy atom. The Morgan fingerprint density at radius 1 is 1.14 bits per heavy atom. The lowest BCUT2D eigenvalue weighted by atomic mass is 9.77. The second-order valence-corrected chi connectivity index (χ2v) is 10.8. The molecule has 2 aromatic carbocycles. The first-order chi connectivity index (χ1) is 16.5. The maximum absolute atomic E-state index is 11.4. The van der Waals surface area contributed by atoms with Crippen LogP contribution < -0.4 is 14.8 Å². The van der Waals surface area contributed by atoms with E-state index in [1.54, 1.807) is 12.1 Å². The van der Waals surface area contributed by atoms with Crippen LogP contribution >= 0.6 is 23.2 Å². The monoisotopic (exact) mass is 533 g/mol. The van der Waals surface area contributed by atoms with E-state index < -0.39 is 15.4 Å². The highest BCUT2D eigenvalue weighted by Gasteiger charge is 2.26. The van der Waals surface area contributed by atoms with E-state index in [0.717, 1.165) is 22.9 Å². The smallest absolute Gasteiger partial charge is 0.238 e. The van der Waals surface area contributed by atoms with Gasteiger partial charge in [0.2, 0.25) is 16.0 Å². The van der Waals surface area contributed by atoms with Crippen LogP contribution in [-0.2, 0) is 22.0 Å². The quantitative estimate of drug-likeness (QED) is 0.354. The Labute approximate surface area is 215 Å². The Hall–Kier alpha value is -3.06. The van der Waals surface area contributed by atoms with Gasteiger partial charge in [0.05, 0.1) is 22.7 Å². The molecule has 3 rings (SSSR count). The standard InChI is InChI=1S/C24H25Cl2N5O3S/c1-24(2,19-12-17(14-27)22(20(26)13-19)34-11-9-25)18-6-4-16(5-7-18)15-29-21-8-10-28-23(30-21)31-35(3,32)33/h4-8,10,12-13H,9,11,15H2,1-3H3,(H2,28,29,30,31). The predicted octanol–water partition coefficient (Wildman–Crippen LogP) is 4.93. The normalized spacial score (nSPS) is 11.5. The zero-order valence-corrected chi connectivity index (χ0v) is 21.8. The number of nitrogens with zero attached hydrogens (tertiary/aromatic N) is 3. The van der Waals surface area contributed by atoms with E-state index in [1.807, 2.05) is 30.3 Å². The molecule has 1 heterocycles. The lowest BCUT2D eigenvalue weighted by Crippen LogP contribution is -2.19. The summed E-state index contributed by atoms with van der Waals surface area (Å²) in [7, 11) is -3.46. The minimum absolute atomic E-state index is 0.00377. The third kappa shape index (κ3) is 6.98. The van der Waals surface area contributed by atoms with Gasteiger partial charge in [-0.25, -0.2) is 13.4 Å². The Morgan fingerprint density at radius 3 is 2.49 bits per heavy atom. The van der Waals surface area contributed by atoms with Gasteiger partial charge in [0.1, 0.15) is 18.5 Å². The summed E-state index contributed by atoms with van der Waals surface area (Å²) >= 11 is 12.1. The van der Waals surface area contributed by atoms with Crippen molar-refractivity contribution in [1.29, 1.82) is 5.26 Å². The molecule has 0 aliphatic rings. The molecular weight excluding hydrogens is 509 g/mol. The van der Waals surface area contributed by atoms with Crippen molar-refractivity contribution in [3.8, 4) is 11.8 Å². The number of hydrogen-bond acceptors (Lipinski definition) is 7. The average Bonchev–Trinajstić information content (AvgIpc) is 2.81. The Bertz CT molecular complexity index is 1340. The fourth-order valence-corrected chi connectivity index (χ4v) is 4.18. The molecule has 184 valence electrons. The number of sulfonamides is 1. The molecule has 0 spiro atoms. The molecule has 3 aromatic rings. The molecule has 0 saturated heterocycles. The number of benzene rings is 2. The van der Waals surface area contributed by atoms with Crippen LogP contribution in [0.1, 0.15) is 36.1 Å². The zero-order chi connectivity index (χ0) is 25.6. The lowest BCUT2D eigenvalue weighted by molar-refractivity contribution is 0.341. The third-order valence-corrected chi connectivity index (χ3v) is 6.28. The first-order valence-corrected chi connectivity index (χ1v) is 13.4. The van der Waals surface area contributed by atoms with Gasteiger partial charge in [-0.2, -0.15) is 10.2 Å². The van der Waals surface area contributed by atoms with Crippen molar-refractivity contribution in [3.63, 3.8) is 0 Å². The van der Waals surface area contributed by atoms with Gasteiger partial charge in [-0.1, -0.05) is 49.7 Å². The highest BCUT2D eigenvalue weighted by molar-refractivity contribution is 7.91. The number of aromatic nitrogens is 2.